The number of carbonyl (C=O) groups is 3. The first kappa shape index (κ1) is 25.0. The third kappa shape index (κ3) is 7.76. The molecule has 2 N–H and O–H groups in total. The van der Waals surface area contributed by atoms with E-state index in [0.29, 0.717) is 38.3 Å². The van der Waals surface area contributed by atoms with Crippen LogP contribution in [0.1, 0.15) is 5.56 Å². The molecule has 0 aromatic heterocycles. The van der Waals surface area contributed by atoms with Crippen LogP contribution in [0.2, 0.25) is 0 Å². The van der Waals surface area contributed by atoms with E-state index in [0.717, 1.165) is 25.2 Å². The Morgan fingerprint density at radius 2 is 1.56 bits per heavy atom. The van der Waals surface area contributed by atoms with Crippen LogP contribution in [0.3, 0.4) is 0 Å². The maximum atomic E-state index is 12.7. The van der Waals surface area contributed by atoms with Crippen molar-refractivity contribution in [3.8, 4) is 5.75 Å². The second-order valence-electron chi connectivity index (χ2n) is 7.25. The maximum absolute atomic E-state index is 12.7. The van der Waals surface area contributed by atoms with Gasteiger partial charge in [-0.3, -0.25) is 0 Å². The molecule has 32 heavy (non-hydrogen) atoms. The molecule has 2 aliphatic heterocycles. The third-order valence-corrected chi connectivity index (χ3v) is 4.72. The molecule has 1 aromatic rings. The lowest BCUT2D eigenvalue weighted by Crippen LogP contribution is -2.61. The zero-order valence-corrected chi connectivity index (χ0v) is 17.3. The Morgan fingerprint density at radius 1 is 1.00 bits per heavy atom. The summed E-state index contributed by atoms with van der Waals surface area (Å²) in [6.45, 7) is 3.91. The summed E-state index contributed by atoms with van der Waals surface area (Å²) in [4.78, 5) is 37.0. The van der Waals surface area contributed by atoms with Crippen LogP contribution in [-0.4, -0.2) is 95.3 Å². The Bertz CT molecular complexity index is 831. The number of halogens is 3. The molecule has 0 radical (unpaired) electrons. The molecule has 1 aromatic carbocycles. The summed E-state index contributed by atoms with van der Waals surface area (Å²) in [6.07, 6.45) is -3.53. The van der Waals surface area contributed by atoms with Crippen molar-refractivity contribution in [2.24, 2.45) is 0 Å². The Labute approximate surface area is 182 Å². The van der Waals surface area contributed by atoms with Gasteiger partial charge in [0.1, 0.15) is 11.9 Å². The Morgan fingerprint density at radius 3 is 2.06 bits per heavy atom. The first-order valence-corrected chi connectivity index (χ1v) is 9.66. The summed E-state index contributed by atoms with van der Waals surface area (Å²) in [6, 6.07) is 4.80. The fourth-order valence-corrected chi connectivity index (χ4v) is 2.95. The molecule has 9 nitrogen and oxygen atoms in total. The minimum Gasteiger partial charge on any atom is -0.487 e. The van der Waals surface area contributed by atoms with E-state index < -0.39 is 23.7 Å². The van der Waals surface area contributed by atoms with Crippen molar-refractivity contribution in [1.82, 2.24) is 14.7 Å². The molecule has 0 atom stereocenters. The van der Waals surface area contributed by atoms with Crippen molar-refractivity contribution >= 4 is 18.0 Å². The highest BCUT2D eigenvalue weighted by Gasteiger charge is 2.36. The van der Waals surface area contributed by atoms with Crippen molar-refractivity contribution in [1.29, 1.82) is 0 Å². The number of benzene rings is 1. The average Bonchev–Trinajstić information content (AvgIpc) is 2.69. The molecule has 2 heterocycles. The molecule has 2 amide bonds. The van der Waals surface area contributed by atoms with E-state index in [4.69, 9.17) is 14.9 Å². The highest BCUT2D eigenvalue weighted by molar-refractivity contribution is 5.89. The van der Waals surface area contributed by atoms with Crippen LogP contribution in [0.5, 0.6) is 5.75 Å². The van der Waals surface area contributed by atoms with Gasteiger partial charge in [0.05, 0.1) is 18.7 Å². The normalized spacial score (nSPS) is 17.4. The predicted molar refractivity (Wildman–Crippen MR) is 106 cm³/mol. The second kappa shape index (κ2) is 10.8. The van der Waals surface area contributed by atoms with Gasteiger partial charge >= 0.3 is 24.1 Å². The smallest absolute Gasteiger partial charge is 0.416 e. The number of likely N-dealkylation sites (tertiary alicyclic amines) is 1. The number of urea groups is 1. The number of alkyl halides is 3. The van der Waals surface area contributed by atoms with Gasteiger partial charge in [0.25, 0.3) is 0 Å². The van der Waals surface area contributed by atoms with Gasteiger partial charge in [-0.05, 0) is 25.2 Å². The first-order chi connectivity index (χ1) is 15.0. The molecule has 2 saturated heterocycles. The lowest BCUT2D eigenvalue weighted by atomic mass is 10.1. The molecule has 0 spiro atoms. The zero-order chi connectivity index (χ0) is 23.9. The van der Waals surface area contributed by atoms with Crippen molar-refractivity contribution < 1.29 is 42.5 Å². The number of rotatable bonds is 4. The summed E-state index contributed by atoms with van der Waals surface area (Å²) in [7, 11) is 2.02. The van der Waals surface area contributed by atoms with Crippen molar-refractivity contribution in [3.05, 3.63) is 42.0 Å². The maximum Gasteiger partial charge on any atom is 0.416 e. The largest absolute Gasteiger partial charge is 0.487 e. The van der Waals surface area contributed by atoms with Gasteiger partial charge in [-0.2, -0.15) is 13.2 Å². The van der Waals surface area contributed by atoms with Crippen LogP contribution < -0.4 is 4.74 Å². The van der Waals surface area contributed by atoms with E-state index in [-0.39, 0.29) is 17.9 Å². The predicted octanol–water partition coefficient (Wildman–Crippen LogP) is 1.85. The number of carbonyl (C=O) groups excluding carboxylic acids is 1. The summed E-state index contributed by atoms with van der Waals surface area (Å²) in [5, 5.41) is 15.6. The Kier molecular flexibility index (Phi) is 8.47. The number of amides is 2. The molecule has 176 valence electrons. The quantitative estimate of drug-likeness (QED) is 0.661. The highest BCUT2D eigenvalue weighted by atomic mass is 19.4. The number of aliphatic carboxylic acids is 2. The minimum absolute atomic E-state index is 0.0213. The molecular formula is C20H24F3N3O6. The van der Waals surface area contributed by atoms with Gasteiger partial charge in [0.2, 0.25) is 0 Å². The van der Waals surface area contributed by atoms with Gasteiger partial charge in [0.15, 0.2) is 0 Å². The average molecular weight is 459 g/mol. The van der Waals surface area contributed by atoms with E-state index in [1.807, 2.05) is 7.05 Å². The lowest BCUT2D eigenvalue weighted by molar-refractivity contribution is -0.137. The van der Waals surface area contributed by atoms with E-state index in [1.54, 1.807) is 9.80 Å². The van der Waals surface area contributed by atoms with E-state index >= 15 is 0 Å². The molecule has 2 aliphatic rings. The van der Waals surface area contributed by atoms with E-state index in [9.17, 15) is 27.6 Å². The van der Waals surface area contributed by atoms with Crippen molar-refractivity contribution in [3.63, 3.8) is 0 Å². The molecule has 0 saturated carbocycles. The van der Waals surface area contributed by atoms with E-state index in [1.165, 1.54) is 12.1 Å². The van der Waals surface area contributed by atoms with Gasteiger partial charge in [-0.15, -0.1) is 0 Å². The Balaban J connectivity index is 0.000000390. The number of nitrogens with zero attached hydrogens (tertiary/aromatic N) is 3. The summed E-state index contributed by atoms with van der Waals surface area (Å²) < 4.78 is 43.6. The van der Waals surface area contributed by atoms with Crippen molar-refractivity contribution in [2.75, 3.05) is 46.3 Å². The number of hydrogen-bond acceptors (Lipinski definition) is 5. The van der Waals surface area contributed by atoms with Gasteiger partial charge in [-0.25, -0.2) is 14.4 Å². The first-order valence-electron chi connectivity index (χ1n) is 9.66. The number of hydrogen-bond donors (Lipinski definition) is 2. The highest BCUT2D eigenvalue weighted by Crippen LogP contribution is 2.32. The second-order valence-corrected chi connectivity index (χ2v) is 7.25. The Hall–Kier alpha value is -3.28. The van der Waals surface area contributed by atoms with Crippen LogP contribution in [0.15, 0.2) is 36.4 Å². The summed E-state index contributed by atoms with van der Waals surface area (Å²) in [5.74, 6) is -2.33. The monoisotopic (exact) mass is 459 g/mol. The van der Waals surface area contributed by atoms with Crippen LogP contribution in [-0.2, 0) is 15.8 Å². The lowest BCUT2D eigenvalue weighted by Gasteiger charge is -2.43. The van der Waals surface area contributed by atoms with Crippen LogP contribution in [0.25, 0.3) is 0 Å². The molecule has 0 bridgehead atoms. The molecule has 3 rings (SSSR count). The van der Waals surface area contributed by atoms with Gasteiger partial charge < -0.3 is 29.6 Å². The van der Waals surface area contributed by atoms with Gasteiger partial charge in [-0.1, -0.05) is 6.07 Å². The molecule has 12 heteroatoms. The molecular weight excluding hydrogens is 435 g/mol. The van der Waals surface area contributed by atoms with Gasteiger partial charge in [0, 0.05) is 38.3 Å². The number of likely N-dealkylation sites (N-methyl/N-ethyl adjacent to an activating group) is 1. The van der Waals surface area contributed by atoms with Crippen LogP contribution >= 0.6 is 0 Å². The topological polar surface area (TPSA) is 111 Å². The zero-order valence-electron chi connectivity index (χ0n) is 17.3. The number of ether oxygens (including phenoxy) is 1. The summed E-state index contributed by atoms with van der Waals surface area (Å²) in [5.41, 5.74) is -0.732. The van der Waals surface area contributed by atoms with Crippen LogP contribution in [0, 0.1) is 0 Å². The minimum atomic E-state index is -4.39. The fraction of sp³-hybridized carbons (Fsp3) is 0.450. The van der Waals surface area contributed by atoms with Crippen LogP contribution in [0.4, 0.5) is 18.0 Å². The molecule has 2 fully saturated rings. The molecule has 0 unspecified atom stereocenters. The SMILES string of the molecule is CN1CCN(C(=O)N2CC(Oc3cccc(C(F)(F)F)c3)C2)CC1.O=C(O)/C=C/C(=O)O. The number of piperazine rings is 1. The number of carboxylic acid groups (broad SMARTS) is 2. The number of carboxylic acids is 2. The molecule has 0 aliphatic carbocycles. The third-order valence-electron chi connectivity index (χ3n) is 4.72. The van der Waals surface area contributed by atoms with E-state index in [2.05, 4.69) is 4.90 Å². The fourth-order valence-electron chi connectivity index (χ4n) is 2.95. The standard InChI is InChI=1S/C16H20F3N3O2.C4H4O4/c1-20-5-7-21(8-6-20)15(23)22-10-14(11-22)24-13-4-2-3-12(9-13)16(17,18)19;5-3(6)1-2-4(7)8/h2-4,9,14H,5-8,10-11H2,1H3;1-2H,(H,5,6)(H,7,8)/b;2-1+. The summed E-state index contributed by atoms with van der Waals surface area (Å²) >= 11 is 0. The van der Waals surface area contributed by atoms with Crippen molar-refractivity contribution in [2.45, 2.75) is 12.3 Å².